The Labute approximate surface area is 148 Å². The highest BCUT2D eigenvalue weighted by atomic mass is 16.4. The van der Waals surface area contributed by atoms with Crippen LogP contribution in [0.1, 0.15) is 27.7 Å². The maximum Gasteiger partial charge on any atom is 0.327 e. The largest absolute Gasteiger partial charge is 0.478 e. The molecule has 25 heavy (non-hydrogen) atoms. The van der Waals surface area contributed by atoms with E-state index in [1.807, 2.05) is 0 Å². The van der Waals surface area contributed by atoms with Crippen LogP contribution in [0.4, 0.5) is 0 Å². The molecule has 0 heterocycles. The van der Waals surface area contributed by atoms with Crippen molar-refractivity contribution >= 4 is 23.9 Å². The van der Waals surface area contributed by atoms with Crippen LogP contribution >= 0.6 is 0 Å². The van der Waals surface area contributed by atoms with E-state index in [0.717, 1.165) is 24.3 Å². The van der Waals surface area contributed by atoms with Gasteiger partial charge in [0, 0.05) is 24.3 Å². The van der Waals surface area contributed by atoms with Crippen molar-refractivity contribution < 1.29 is 39.6 Å². The van der Waals surface area contributed by atoms with Gasteiger partial charge in [0.1, 0.15) is 0 Å². The Bertz CT molecular complexity index is 364. The predicted octanol–water partition coefficient (Wildman–Crippen LogP) is 3.08. The van der Waals surface area contributed by atoms with Crippen LogP contribution < -0.4 is 0 Å². The van der Waals surface area contributed by atoms with Crippen molar-refractivity contribution in [2.45, 2.75) is 27.7 Å². The second-order valence-electron chi connectivity index (χ2n) is 5.17. The lowest BCUT2D eigenvalue weighted by molar-refractivity contribution is -0.132. The molecule has 4 N–H and O–H groups in total. The third kappa shape index (κ3) is 316. The number of carbonyl (C=O) groups is 4. The quantitative estimate of drug-likeness (QED) is 0.559. The summed E-state index contributed by atoms with van der Waals surface area (Å²) in [6, 6.07) is 0. The molecule has 0 aromatic rings. The molecule has 0 atom stereocenters. The number of aliphatic carboxylic acids is 4. The Morgan fingerprint density at radius 1 is 0.560 bits per heavy atom. The molecule has 0 fully saturated rings. The van der Waals surface area contributed by atoms with Crippen LogP contribution in [0.3, 0.4) is 0 Å². The summed E-state index contributed by atoms with van der Waals surface area (Å²) in [7, 11) is 0. The molecule has 0 aliphatic heterocycles. The Balaban J connectivity index is -0.0000000667. The van der Waals surface area contributed by atoms with E-state index in [1.54, 1.807) is 0 Å². The standard InChI is InChI=1S/C5H12.4C3H4O2/c1-5(2,3)4;4*1-2-3(4)5/h1-4H3;4*2H,1H2,(H,4,5). The molecular formula is C17H28O8. The second kappa shape index (κ2) is 23.1. The summed E-state index contributed by atoms with van der Waals surface area (Å²) >= 11 is 0. The van der Waals surface area contributed by atoms with Gasteiger partial charge in [-0.15, -0.1) is 0 Å². The zero-order valence-corrected chi connectivity index (χ0v) is 15.1. The molecule has 0 saturated carbocycles. The van der Waals surface area contributed by atoms with Crippen LogP contribution in [0.5, 0.6) is 0 Å². The first-order valence-electron chi connectivity index (χ1n) is 6.50. The fourth-order valence-electron chi connectivity index (χ4n) is 0. The van der Waals surface area contributed by atoms with Crippen molar-refractivity contribution in [1.82, 2.24) is 0 Å². The minimum Gasteiger partial charge on any atom is -0.478 e. The smallest absolute Gasteiger partial charge is 0.327 e. The number of carboxylic acid groups (broad SMARTS) is 4. The minimum atomic E-state index is -0.981. The third-order valence-corrected chi connectivity index (χ3v) is 0.698. The van der Waals surface area contributed by atoms with Gasteiger partial charge in [0.15, 0.2) is 0 Å². The summed E-state index contributed by atoms with van der Waals surface area (Å²) in [5.74, 6) is -3.93. The number of rotatable bonds is 4. The molecule has 0 bridgehead atoms. The lowest BCUT2D eigenvalue weighted by atomic mass is 10.0. The monoisotopic (exact) mass is 360 g/mol. The van der Waals surface area contributed by atoms with Crippen LogP contribution in [-0.2, 0) is 19.2 Å². The lowest BCUT2D eigenvalue weighted by Crippen LogP contribution is -1.93. The lowest BCUT2D eigenvalue weighted by Gasteiger charge is -2.05. The summed E-state index contributed by atoms with van der Waals surface area (Å²) in [4.78, 5) is 37.0. The van der Waals surface area contributed by atoms with E-state index >= 15 is 0 Å². The van der Waals surface area contributed by atoms with Gasteiger partial charge in [-0.3, -0.25) is 0 Å². The minimum absolute atomic E-state index is 0.500. The molecule has 8 nitrogen and oxygen atoms in total. The highest BCUT2D eigenvalue weighted by molar-refractivity contribution is 5.79. The summed E-state index contributed by atoms with van der Waals surface area (Å²) in [6.07, 6.45) is 3.33. The van der Waals surface area contributed by atoms with E-state index in [4.69, 9.17) is 20.4 Å². The first-order valence-corrected chi connectivity index (χ1v) is 6.50. The van der Waals surface area contributed by atoms with Crippen LogP contribution in [-0.4, -0.2) is 44.3 Å². The summed E-state index contributed by atoms with van der Waals surface area (Å²) in [5.41, 5.74) is 0.500. The van der Waals surface area contributed by atoms with Crippen molar-refractivity contribution in [3.05, 3.63) is 50.6 Å². The maximum absolute atomic E-state index is 9.25. The van der Waals surface area contributed by atoms with Crippen LogP contribution in [0, 0.1) is 5.41 Å². The zero-order valence-electron chi connectivity index (χ0n) is 15.1. The molecule has 0 unspecified atom stereocenters. The second-order valence-corrected chi connectivity index (χ2v) is 5.17. The third-order valence-electron chi connectivity index (χ3n) is 0.698. The van der Waals surface area contributed by atoms with Crippen molar-refractivity contribution in [3.8, 4) is 0 Å². The van der Waals surface area contributed by atoms with Crippen molar-refractivity contribution in [2.24, 2.45) is 5.41 Å². The Kier molecular flexibility index (Phi) is 30.9. The van der Waals surface area contributed by atoms with Crippen molar-refractivity contribution in [3.63, 3.8) is 0 Å². The van der Waals surface area contributed by atoms with Crippen LogP contribution in [0.25, 0.3) is 0 Å². The first kappa shape index (κ1) is 33.4. The van der Waals surface area contributed by atoms with Gasteiger partial charge in [0.25, 0.3) is 0 Å². The fraction of sp³-hybridized carbons (Fsp3) is 0.294. The van der Waals surface area contributed by atoms with E-state index in [2.05, 4.69) is 54.0 Å². The molecule has 0 rings (SSSR count). The van der Waals surface area contributed by atoms with E-state index in [9.17, 15) is 19.2 Å². The zero-order chi connectivity index (χ0) is 21.6. The molecule has 0 radical (unpaired) electrons. The van der Waals surface area contributed by atoms with Gasteiger partial charge in [0.2, 0.25) is 0 Å². The predicted molar refractivity (Wildman–Crippen MR) is 96.5 cm³/mol. The van der Waals surface area contributed by atoms with E-state index in [1.165, 1.54) is 0 Å². The summed E-state index contributed by atoms with van der Waals surface area (Å²) < 4.78 is 0. The summed E-state index contributed by atoms with van der Waals surface area (Å²) in [6.45, 7) is 20.6. The molecule has 144 valence electrons. The van der Waals surface area contributed by atoms with Gasteiger partial charge in [-0.25, -0.2) is 19.2 Å². The van der Waals surface area contributed by atoms with E-state index in [0.29, 0.717) is 5.41 Å². The Hall–Kier alpha value is -3.16. The summed E-state index contributed by atoms with van der Waals surface area (Å²) in [5, 5.41) is 30.4. The molecular weight excluding hydrogens is 332 g/mol. The van der Waals surface area contributed by atoms with Gasteiger partial charge in [-0.05, 0) is 5.41 Å². The van der Waals surface area contributed by atoms with Gasteiger partial charge in [-0.2, -0.15) is 0 Å². The SMILES string of the molecule is C=CC(=O)O.C=CC(=O)O.C=CC(=O)O.C=CC(=O)O.CC(C)(C)C. The normalized spacial score (nSPS) is 7.52. The first-order chi connectivity index (χ1) is 11.1. The number of hydrogen-bond acceptors (Lipinski definition) is 4. The molecule has 0 saturated heterocycles. The Morgan fingerprint density at radius 2 is 0.600 bits per heavy atom. The van der Waals surface area contributed by atoms with Crippen molar-refractivity contribution in [1.29, 1.82) is 0 Å². The van der Waals surface area contributed by atoms with Crippen LogP contribution in [0.2, 0.25) is 0 Å². The van der Waals surface area contributed by atoms with Gasteiger partial charge in [0.05, 0.1) is 0 Å². The number of carboxylic acids is 4. The molecule has 0 aliphatic carbocycles. The molecule has 0 aliphatic rings. The fourth-order valence-corrected chi connectivity index (χ4v) is 0. The average Bonchev–Trinajstić information content (AvgIpc) is 2.47. The Morgan fingerprint density at radius 3 is 0.600 bits per heavy atom. The molecule has 8 heteroatoms. The average molecular weight is 360 g/mol. The highest BCUT2D eigenvalue weighted by Crippen LogP contribution is 2.08. The van der Waals surface area contributed by atoms with Gasteiger partial charge < -0.3 is 20.4 Å². The molecule has 0 amide bonds. The topological polar surface area (TPSA) is 149 Å². The van der Waals surface area contributed by atoms with E-state index in [-0.39, 0.29) is 0 Å². The highest BCUT2D eigenvalue weighted by Gasteiger charge is 1.95. The van der Waals surface area contributed by atoms with Crippen LogP contribution in [0.15, 0.2) is 50.6 Å². The van der Waals surface area contributed by atoms with Gasteiger partial charge >= 0.3 is 23.9 Å². The van der Waals surface area contributed by atoms with Crippen molar-refractivity contribution in [2.75, 3.05) is 0 Å². The van der Waals surface area contributed by atoms with E-state index < -0.39 is 23.9 Å². The molecule has 0 aromatic carbocycles. The number of hydrogen-bond donors (Lipinski definition) is 4. The molecule has 0 spiro atoms. The maximum atomic E-state index is 9.25. The van der Waals surface area contributed by atoms with Gasteiger partial charge in [-0.1, -0.05) is 54.0 Å². The molecule has 0 aromatic heterocycles.